The number of carbonyl (C=O) groups excluding carboxylic acids is 1. The summed E-state index contributed by atoms with van der Waals surface area (Å²) in [5, 5.41) is 3.00. The summed E-state index contributed by atoms with van der Waals surface area (Å²) in [7, 11) is 3.22. The van der Waals surface area contributed by atoms with Gasteiger partial charge < -0.3 is 19.4 Å². The van der Waals surface area contributed by atoms with Gasteiger partial charge in [-0.05, 0) is 48.4 Å². The molecule has 0 saturated carbocycles. The van der Waals surface area contributed by atoms with E-state index in [1.807, 2.05) is 65.2 Å². The van der Waals surface area contributed by atoms with Gasteiger partial charge in [0.15, 0.2) is 17.3 Å². The molecule has 0 atom stereocenters. The summed E-state index contributed by atoms with van der Waals surface area (Å²) >= 11 is 0. The number of aromatic nitrogens is 3. The van der Waals surface area contributed by atoms with Crippen LogP contribution in [0, 0.1) is 0 Å². The zero-order valence-corrected chi connectivity index (χ0v) is 17.5. The first-order valence-corrected chi connectivity index (χ1v) is 10.0. The first kappa shape index (κ1) is 20.4. The summed E-state index contributed by atoms with van der Waals surface area (Å²) in [4.78, 5) is 21.8. The molecule has 0 fully saturated rings. The summed E-state index contributed by atoms with van der Waals surface area (Å²) in [5.74, 6) is 1.96. The number of amides is 1. The van der Waals surface area contributed by atoms with Gasteiger partial charge >= 0.3 is 0 Å². The number of pyridine rings is 1. The summed E-state index contributed by atoms with van der Waals surface area (Å²) in [6, 6.07) is 19.2. The van der Waals surface area contributed by atoms with Crippen LogP contribution in [0.1, 0.15) is 5.56 Å². The number of imidazole rings is 1. The lowest BCUT2D eigenvalue weighted by molar-refractivity contribution is -0.121. The highest BCUT2D eigenvalue weighted by Gasteiger charge is 2.15. The molecule has 0 radical (unpaired) electrons. The SMILES string of the molecule is COc1ccc(CCNC(=O)Cn2c(-c3ccccn3)nc3ccccc32)cc1OC. The highest BCUT2D eigenvalue weighted by Crippen LogP contribution is 2.27. The molecular weight excluding hydrogens is 392 g/mol. The minimum atomic E-state index is -0.0826. The first-order chi connectivity index (χ1) is 15.2. The Labute approximate surface area is 180 Å². The fourth-order valence-electron chi connectivity index (χ4n) is 3.51. The molecule has 0 saturated heterocycles. The maximum atomic E-state index is 12.7. The normalized spacial score (nSPS) is 10.8. The minimum Gasteiger partial charge on any atom is -0.493 e. The second-order valence-corrected chi connectivity index (χ2v) is 7.01. The highest BCUT2D eigenvalue weighted by molar-refractivity contribution is 5.84. The van der Waals surface area contributed by atoms with Crippen molar-refractivity contribution < 1.29 is 14.3 Å². The van der Waals surface area contributed by atoms with Crippen molar-refractivity contribution in [3.05, 3.63) is 72.4 Å². The van der Waals surface area contributed by atoms with Gasteiger partial charge in [0.25, 0.3) is 0 Å². The van der Waals surface area contributed by atoms with Gasteiger partial charge in [-0.1, -0.05) is 24.3 Å². The van der Waals surface area contributed by atoms with E-state index in [1.165, 1.54) is 0 Å². The molecular formula is C24H24N4O3. The molecule has 31 heavy (non-hydrogen) atoms. The summed E-state index contributed by atoms with van der Waals surface area (Å²) < 4.78 is 12.5. The molecule has 4 rings (SSSR count). The number of ether oxygens (including phenoxy) is 2. The van der Waals surface area contributed by atoms with Crippen molar-refractivity contribution in [2.24, 2.45) is 0 Å². The molecule has 1 N–H and O–H groups in total. The van der Waals surface area contributed by atoms with Gasteiger partial charge in [-0.3, -0.25) is 9.78 Å². The van der Waals surface area contributed by atoms with Gasteiger partial charge in [0.1, 0.15) is 12.2 Å². The van der Waals surface area contributed by atoms with E-state index in [4.69, 9.17) is 14.5 Å². The van der Waals surface area contributed by atoms with E-state index in [-0.39, 0.29) is 12.5 Å². The fraction of sp³-hybridized carbons (Fsp3) is 0.208. The Balaban J connectivity index is 1.47. The van der Waals surface area contributed by atoms with Crippen LogP contribution in [0.5, 0.6) is 11.5 Å². The van der Waals surface area contributed by atoms with Crippen molar-refractivity contribution in [1.82, 2.24) is 19.9 Å². The second-order valence-electron chi connectivity index (χ2n) is 7.01. The third kappa shape index (κ3) is 4.50. The van der Waals surface area contributed by atoms with Crippen molar-refractivity contribution in [3.8, 4) is 23.0 Å². The molecule has 0 aliphatic carbocycles. The van der Waals surface area contributed by atoms with E-state index in [0.29, 0.717) is 30.3 Å². The molecule has 4 aromatic rings. The third-order valence-electron chi connectivity index (χ3n) is 5.03. The maximum Gasteiger partial charge on any atom is 0.240 e. The van der Waals surface area contributed by atoms with Crippen LogP contribution in [0.2, 0.25) is 0 Å². The van der Waals surface area contributed by atoms with E-state index in [9.17, 15) is 4.79 Å². The number of hydrogen-bond acceptors (Lipinski definition) is 5. The largest absolute Gasteiger partial charge is 0.493 e. The fourth-order valence-corrected chi connectivity index (χ4v) is 3.51. The van der Waals surface area contributed by atoms with E-state index in [1.54, 1.807) is 20.4 Å². The van der Waals surface area contributed by atoms with E-state index in [0.717, 1.165) is 22.3 Å². The van der Waals surface area contributed by atoms with Crippen LogP contribution in [-0.4, -0.2) is 41.2 Å². The Bertz CT molecular complexity index is 1190. The lowest BCUT2D eigenvalue weighted by Gasteiger charge is -2.11. The van der Waals surface area contributed by atoms with Gasteiger partial charge in [-0.25, -0.2) is 4.98 Å². The molecule has 0 unspecified atom stereocenters. The quantitative estimate of drug-likeness (QED) is 0.476. The van der Waals surface area contributed by atoms with Crippen LogP contribution in [0.25, 0.3) is 22.6 Å². The van der Waals surface area contributed by atoms with Crippen molar-refractivity contribution in [3.63, 3.8) is 0 Å². The Morgan fingerprint density at radius 2 is 1.81 bits per heavy atom. The Morgan fingerprint density at radius 3 is 2.58 bits per heavy atom. The zero-order valence-electron chi connectivity index (χ0n) is 17.5. The monoisotopic (exact) mass is 416 g/mol. The summed E-state index contributed by atoms with van der Waals surface area (Å²) in [6.07, 6.45) is 2.41. The molecule has 2 heterocycles. The highest BCUT2D eigenvalue weighted by atomic mass is 16.5. The first-order valence-electron chi connectivity index (χ1n) is 10.0. The molecule has 1 amide bonds. The summed E-state index contributed by atoms with van der Waals surface area (Å²) in [5.41, 5.74) is 3.52. The molecule has 0 aliphatic rings. The zero-order chi connectivity index (χ0) is 21.6. The Kier molecular flexibility index (Phi) is 6.12. The topological polar surface area (TPSA) is 78.3 Å². The number of para-hydroxylation sites is 2. The number of fused-ring (bicyclic) bond motifs is 1. The second kappa shape index (κ2) is 9.30. The van der Waals surface area contributed by atoms with E-state index in [2.05, 4.69) is 10.3 Å². The van der Waals surface area contributed by atoms with Crippen LogP contribution in [0.15, 0.2) is 66.9 Å². The standard InChI is InChI=1S/C24H24N4O3/c1-30-21-11-10-17(15-22(21)31-2)12-14-26-23(29)16-28-20-9-4-3-7-18(20)27-24(28)19-8-5-6-13-25-19/h3-11,13,15H,12,14,16H2,1-2H3,(H,26,29). The van der Waals surface area contributed by atoms with Crippen LogP contribution < -0.4 is 14.8 Å². The smallest absolute Gasteiger partial charge is 0.240 e. The molecule has 0 spiro atoms. The molecule has 7 nitrogen and oxygen atoms in total. The molecule has 158 valence electrons. The molecule has 2 aromatic heterocycles. The predicted molar refractivity (Wildman–Crippen MR) is 119 cm³/mol. The van der Waals surface area contributed by atoms with Gasteiger partial charge in [-0.2, -0.15) is 0 Å². The van der Waals surface area contributed by atoms with Gasteiger partial charge in [-0.15, -0.1) is 0 Å². The van der Waals surface area contributed by atoms with Crippen molar-refractivity contribution >= 4 is 16.9 Å². The number of nitrogens with one attached hydrogen (secondary N) is 1. The van der Waals surface area contributed by atoms with Gasteiger partial charge in [0, 0.05) is 12.7 Å². The van der Waals surface area contributed by atoms with Crippen molar-refractivity contribution in [1.29, 1.82) is 0 Å². The number of methoxy groups -OCH3 is 2. The molecule has 0 bridgehead atoms. The van der Waals surface area contributed by atoms with Crippen LogP contribution in [0.3, 0.4) is 0 Å². The van der Waals surface area contributed by atoms with Crippen LogP contribution >= 0.6 is 0 Å². The van der Waals surface area contributed by atoms with Crippen LogP contribution in [0.4, 0.5) is 0 Å². The van der Waals surface area contributed by atoms with E-state index < -0.39 is 0 Å². The average Bonchev–Trinajstić information content (AvgIpc) is 3.18. The third-order valence-corrected chi connectivity index (χ3v) is 5.03. The number of benzene rings is 2. The molecule has 2 aromatic carbocycles. The lowest BCUT2D eigenvalue weighted by atomic mass is 10.1. The molecule has 7 heteroatoms. The van der Waals surface area contributed by atoms with Gasteiger partial charge in [0.2, 0.25) is 5.91 Å². The molecule has 0 aliphatic heterocycles. The minimum absolute atomic E-state index is 0.0826. The van der Waals surface area contributed by atoms with Crippen LogP contribution in [-0.2, 0) is 17.8 Å². The van der Waals surface area contributed by atoms with E-state index >= 15 is 0 Å². The maximum absolute atomic E-state index is 12.7. The Hall–Kier alpha value is -3.87. The summed E-state index contributed by atoms with van der Waals surface area (Å²) in [6.45, 7) is 0.679. The Morgan fingerprint density at radius 1 is 1.00 bits per heavy atom. The van der Waals surface area contributed by atoms with Gasteiger partial charge in [0.05, 0.1) is 25.3 Å². The number of hydrogen-bond donors (Lipinski definition) is 1. The number of rotatable bonds is 8. The number of nitrogens with zero attached hydrogens (tertiary/aromatic N) is 3. The van der Waals surface area contributed by atoms with Crippen molar-refractivity contribution in [2.45, 2.75) is 13.0 Å². The van der Waals surface area contributed by atoms with Crippen molar-refractivity contribution in [2.75, 3.05) is 20.8 Å². The lowest BCUT2D eigenvalue weighted by Crippen LogP contribution is -2.29. The number of carbonyl (C=O) groups is 1. The predicted octanol–water partition coefficient (Wildman–Crippen LogP) is 3.47. The average molecular weight is 416 g/mol.